The molecule has 0 atom stereocenters. The molecule has 0 amide bonds. The summed E-state index contributed by atoms with van der Waals surface area (Å²) in [5.74, 6) is 0. The molecule has 7 heteroatoms. The van der Waals surface area contributed by atoms with E-state index in [9.17, 15) is 8.42 Å². The van der Waals surface area contributed by atoms with Crippen LogP contribution in [-0.4, -0.2) is 24.3 Å². The lowest BCUT2D eigenvalue weighted by Gasteiger charge is -2.13. The Morgan fingerprint density at radius 2 is 2.19 bits per heavy atom. The van der Waals surface area contributed by atoms with Crippen LogP contribution in [0.15, 0.2) is 29.3 Å². The van der Waals surface area contributed by atoms with Crippen LogP contribution in [0.4, 0.5) is 0 Å². The third-order valence-electron chi connectivity index (χ3n) is 2.23. The summed E-state index contributed by atoms with van der Waals surface area (Å²) in [5, 5.41) is 19.1. The predicted octanol–water partition coefficient (Wildman–Crippen LogP) is 0.389. The van der Waals surface area contributed by atoms with Crippen LogP contribution >= 0.6 is 0 Å². The van der Waals surface area contributed by atoms with Crippen LogP contribution in [0.2, 0.25) is 0 Å². The average molecular weight is 238 g/mol. The number of H-pyrrole nitrogens is 1. The molecule has 1 aliphatic rings. The zero-order valence-corrected chi connectivity index (χ0v) is 9.08. The second kappa shape index (κ2) is 3.69. The second-order valence-corrected chi connectivity index (χ2v) is 4.92. The largest absolute Gasteiger partial charge is 0.305 e. The van der Waals surface area contributed by atoms with Gasteiger partial charge in [-0.1, -0.05) is 0 Å². The number of aromatic amines is 1. The summed E-state index contributed by atoms with van der Waals surface area (Å²) in [7, 11) is -3.78. The van der Waals surface area contributed by atoms with Crippen LogP contribution in [0.3, 0.4) is 0 Å². The molecular weight excluding hydrogens is 228 g/mol. The Kier molecular flexibility index (Phi) is 2.49. The van der Waals surface area contributed by atoms with Gasteiger partial charge in [0.2, 0.25) is 10.0 Å². The average Bonchev–Trinajstić information content (AvgIpc) is 2.68. The molecule has 1 aromatic heterocycles. The van der Waals surface area contributed by atoms with Crippen LogP contribution in [0.1, 0.15) is 12.1 Å². The molecule has 0 saturated heterocycles. The second-order valence-electron chi connectivity index (χ2n) is 3.39. The first-order valence-electron chi connectivity index (χ1n) is 4.49. The first kappa shape index (κ1) is 10.8. The van der Waals surface area contributed by atoms with E-state index in [0.717, 1.165) is 0 Å². The number of sulfonamides is 1. The fourth-order valence-corrected chi connectivity index (χ4v) is 2.32. The van der Waals surface area contributed by atoms with Gasteiger partial charge in [-0.05, 0) is 18.2 Å². The predicted molar refractivity (Wildman–Crippen MR) is 60.1 cm³/mol. The lowest BCUT2D eigenvalue weighted by Crippen LogP contribution is -2.18. The lowest BCUT2D eigenvalue weighted by molar-refractivity contribution is 0.604. The van der Waals surface area contributed by atoms with E-state index in [0.29, 0.717) is 17.0 Å². The summed E-state index contributed by atoms with van der Waals surface area (Å²) in [4.78, 5) is 0.0350. The molecule has 1 heterocycles. The zero-order valence-electron chi connectivity index (χ0n) is 8.27. The molecule has 0 radical (unpaired) electrons. The molecule has 1 aliphatic carbocycles. The highest BCUT2D eigenvalue weighted by atomic mass is 32.2. The Morgan fingerprint density at radius 3 is 2.75 bits per heavy atom. The van der Waals surface area contributed by atoms with E-state index in [4.69, 9.17) is 10.5 Å². The molecule has 16 heavy (non-hydrogen) atoms. The number of hydrogen-bond acceptors (Lipinski definition) is 4. The number of allylic oxidation sites excluding steroid dienone is 3. The van der Waals surface area contributed by atoms with Crippen molar-refractivity contribution in [3.63, 3.8) is 0 Å². The minimum atomic E-state index is -3.78. The summed E-state index contributed by atoms with van der Waals surface area (Å²) in [6, 6.07) is 1.65. The molecule has 0 spiro atoms. The molecule has 0 bridgehead atoms. The molecule has 84 valence electrons. The highest BCUT2D eigenvalue weighted by molar-refractivity contribution is 7.93. The molecule has 0 unspecified atom stereocenters. The van der Waals surface area contributed by atoms with Gasteiger partial charge in [-0.15, -0.1) is 0 Å². The number of aromatic nitrogens is 2. The Labute approximate surface area is 92.4 Å². The summed E-state index contributed by atoms with van der Waals surface area (Å²) < 4.78 is 22.7. The smallest absolute Gasteiger partial charge is 0.238 e. The number of rotatable bonds is 2. The fourth-order valence-electron chi connectivity index (χ4n) is 1.53. The maximum Gasteiger partial charge on any atom is 0.238 e. The van der Waals surface area contributed by atoms with Crippen LogP contribution in [-0.2, 0) is 10.0 Å². The summed E-state index contributed by atoms with van der Waals surface area (Å²) in [6.45, 7) is 0. The molecule has 1 aromatic rings. The number of primary sulfonamides is 1. The molecular formula is C9H10N4O2S. The normalized spacial score (nSPS) is 16.9. The van der Waals surface area contributed by atoms with Crippen LogP contribution in [0.25, 0.3) is 5.57 Å². The van der Waals surface area contributed by atoms with Gasteiger partial charge in [0.15, 0.2) is 0 Å². The number of nitrogens with one attached hydrogen (secondary N) is 2. The number of hydrogen-bond donors (Lipinski definition) is 3. The summed E-state index contributed by atoms with van der Waals surface area (Å²) in [6.07, 6.45) is 4.52. The minimum Gasteiger partial charge on any atom is -0.305 e. The standard InChI is InChI=1S/C9H10N4O2S/c10-6-1-2-9(16(11,14)15)7(5-6)8-3-4-12-13-8/h1-4,10H,5H2,(H,12,13)(H2,11,14,15). The Bertz CT molecular complexity index is 581. The zero-order chi connectivity index (χ0) is 11.8. The van der Waals surface area contributed by atoms with Gasteiger partial charge in [-0.2, -0.15) is 5.10 Å². The van der Waals surface area contributed by atoms with Gasteiger partial charge in [0.25, 0.3) is 0 Å². The highest BCUT2D eigenvalue weighted by Gasteiger charge is 2.21. The minimum absolute atomic E-state index is 0.0350. The highest BCUT2D eigenvalue weighted by Crippen LogP contribution is 2.27. The SMILES string of the molecule is N=C1C=CC(S(N)(=O)=O)=C(c2ccn[nH]2)C1. The summed E-state index contributed by atoms with van der Waals surface area (Å²) in [5.41, 5.74) is 1.38. The van der Waals surface area contributed by atoms with E-state index in [1.807, 2.05) is 0 Å². The van der Waals surface area contributed by atoms with Crippen LogP contribution in [0.5, 0.6) is 0 Å². The molecule has 0 saturated carbocycles. The number of nitrogens with two attached hydrogens (primary N) is 1. The van der Waals surface area contributed by atoms with Crippen molar-refractivity contribution in [1.82, 2.24) is 10.2 Å². The molecule has 4 N–H and O–H groups in total. The van der Waals surface area contributed by atoms with Gasteiger partial charge < -0.3 is 5.41 Å². The van der Waals surface area contributed by atoms with Gasteiger partial charge in [0.05, 0.1) is 10.6 Å². The van der Waals surface area contributed by atoms with E-state index in [1.54, 1.807) is 6.07 Å². The van der Waals surface area contributed by atoms with Crippen molar-refractivity contribution >= 4 is 21.3 Å². The van der Waals surface area contributed by atoms with Gasteiger partial charge in [0.1, 0.15) is 0 Å². The first-order chi connectivity index (χ1) is 7.48. The van der Waals surface area contributed by atoms with Crippen molar-refractivity contribution in [3.8, 4) is 0 Å². The third-order valence-corrected chi connectivity index (χ3v) is 3.23. The Balaban J connectivity index is 2.63. The lowest BCUT2D eigenvalue weighted by atomic mass is 10.0. The van der Waals surface area contributed by atoms with Crippen molar-refractivity contribution in [2.75, 3.05) is 0 Å². The molecule has 0 aromatic carbocycles. The van der Waals surface area contributed by atoms with E-state index < -0.39 is 10.0 Å². The first-order valence-corrected chi connectivity index (χ1v) is 6.04. The van der Waals surface area contributed by atoms with E-state index in [2.05, 4.69) is 10.2 Å². The molecule has 2 rings (SSSR count). The van der Waals surface area contributed by atoms with Crippen LogP contribution < -0.4 is 5.14 Å². The van der Waals surface area contributed by atoms with Gasteiger partial charge in [0, 0.05) is 23.9 Å². The maximum absolute atomic E-state index is 11.4. The Hall–Kier alpha value is -1.73. The third kappa shape index (κ3) is 1.95. The van der Waals surface area contributed by atoms with Crippen molar-refractivity contribution < 1.29 is 8.42 Å². The quantitative estimate of drug-likeness (QED) is 0.692. The fraction of sp³-hybridized carbons (Fsp3) is 0.111. The van der Waals surface area contributed by atoms with Gasteiger partial charge in [-0.3, -0.25) is 5.10 Å². The number of nitrogens with zero attached hydrogens (tertiary/aromatic N) is 1. The Morgan fingerprint density at radius 1 is 1.44 bits per heavy atom. The van der Waals surface area contributed by atoms with E-state index in [1.165, 1.54) is 18.3 Å². The van der Waals surface area contributed by atoms with Crippen molar-refractivity contribution in [2.24, 2.45) is 5.14 Å². The van der Waals surface area contributed by atoms with Crippen molar-refractivity contribution in [1.29, 1.82) is 5.41 Å². The van der Waals surface area contributed by atoms with Crippen molar-refractivity contribution in [3.05, 3.63) is 35.0 Å². The summed E-state index contributed by atoms with van der Waals surface area (Å²) >= 11 is 0. The monoisotopic (exact) mass is 238 g/mol. The van der Waals surface area contributed by atoms with Crippen LogP contribution in [0, 0.1) is 5.41 Å². The van der Waals surface area contributed by atoms with E-state index >= 15 is 0 Å². The van der Waals surface area contributed by atoms with Crippen molar-refractivity contribution in [2.45, 2.75) is 6.42 Å². The van der Waals surface area contributed by atoms with Gasteiger partial charge in [-0.25, -0.2) is 13.6 Å². The van der Waals surface area contributed by atoms with E-state index in [-0.39, 0.29) is 11.3 Å². The topological polar surface area (TPSA) is 113 Å². The van der Waals surface area contributed by atoms with Gasteiger partial charge >= 0.3 is 0 Å². The molecule has 0 fully saturated rings. The molecule has 6 nitrogen and oxygen atoms in total. The maximum atomic E-state index is 11.4. The molecule has 0 aliphatic heterocycles.